The number of aliphatic hydroxyl groups excluding tert-OH is 1. The first kappa shape index (κ1) is 17.0. The molecule has 3 rings (SSSR count). The number of hydrogen-bond acceptors (Lipinski definition) is 7. The predicted octanol–water partition coefficient (Wildman–Crippen LogP) is 1.48. The summed E-state index contributed by atoms with van der Waals surface area (Å²) in [6.07, 6.45) is 1.57. The zero-order valence-electron chi connectivity index (χ0n) is 13.5. The Kier molecular flexibility index (Phi) is 5.65. The highest BCUT2D eigenvalue weighted by Crippen LogP contribution is 2.32. The summed E-state index contributed by atoms with van der Waals surface area (Å²) < 4.78 is 15.6. The van der Waals surface area contributed by atoms with E-state index in [2.05, 4.69) is 15.6 Å². The number of pyridine rings is 1. The highest BCUT2D eigenvalue weighted by atomic mass is 16.7. The van der Waals surface area contributed by atoms with Gasteiger partial charge >= 0.3 is 0 Å². The Hall–Kier alpha value is -2.84. The number of hydrogen-bond donors (Lipinski definition) is 3. The molecule has 0 spiro atoms. The smallest absolute Gasteiger partial charge is 0.255 e. The third-order valence-corrected chi connectivity index (χ3v) is 3.44. The summed E-state index contributed by atoms with van der Waals surface area (Å²) >= 11 is 0. The summed E-state index contributed by atoms with van der Waals surface area (Å²) in [5, 5.41) is 14.5. The molecule has 0 atom stereocenters. The molecule has 1 aromatic heterocycles. The largest absolute Gasteiger partial charge is 0.454 e. The Balaban J connectivity index is 1.51. The minimum atomic E-state index is -0.252. The van der Waals surface area contributed by atoms with E-state index in [4.69, 9.17) is 19.3 Å². The number of nitrogens with one attached hydrogen (secondary N) is 2. The second-order valence-corrected chi connectivity index (χ2v) is 5.22. The third kappa shape index (κ3) is 4.59. The average Bonchev–Trinajstić information content (AvgIpc) is 3.10. The van der Waals surface area contributed by atoms with E-state index in [1.165, 1.54) is 0 Å². The van der Waals surface area contributed by atoms with Crippen molar-refractivity contribution in [2.24, 2.45) is 0 Å². The molecule has 1 aliphatic heterocycles. The van der Waals surface area contributed by atoms with Crippen molar-refractivity contribution in [3.63, 3.8) is 0 Å². The van der Waals surface area contributed by atoms with Crippen molar-refractivity contribution >= 4 is 17.4 Å². The second kappa shape index (κ2) is 8.32. The summed E-state index contributed by atoms with van der Waals surface area (Å²) in [7, 11) is 0. The lowest BCUT2D eigenvalue weighted by atomic mass is 10.2. The lowest BCUT2D eigenvalue weighted by Crippen LogP contribution is -2.13. The van der Waals surface area contributed by atoms with E-state index >= 15 is 0 Å². The molecule has 0 radical (unpaired) electrons. The highest BCUT2D eigenvalue weighted by Gasteiger charge is 2.16. The summed E-state index contributed by atoms with van der Waals surface area (Å²) in [6, 6.07) is 8.56. The molecule has 2 heterocycles. The number of aliphatic hydroxyl groups is 1. The number of rotatable bonds is 8. The van der Waals surface area contributed by atoms with Crippen molar-refractivity contribution in [1.82, 2.24) is 4.98 Å². The number of amides is 1. The Morgan fingerprint density at radius 3 is 2.88 bits per heavy atom. The third-order valence-electron chi connectivity index (χ3n) is 3.44. The highest BCUT2D eigenvalue weighted by molar-refractivity contribution is 6.04. The van der Waals surface area contributed by atoms with Gasteiger partial charge < -0.3 is 30.0 Å². The van der Waals surface area contributed by atoms with Crippen molar-refractivity contribution in [3.8, 4) is 11.5 Å². The number of fused-ring (bicyclic) bond motifs is 1. The van der Waals surface area contributed by atoms with Gasteiger partial charge in [-0.05, 0) is 30.3 Å². The van der Waals surface area contributed by atoms with Crippen LogP contribution in [0.15, 0.2) is 36.5 Å². The van der Waals surface area contributed by atoms with E-state index in [1.807, 2.05) is 0 Å². The molecule has 1 aromatic carbocycles. The first-order valence-electron chi connectivity index (χ1n) is 7.86. The van der Waals surface area contributed by atoms with Gasteiger partial charge in [-0.3, -0.25) is 4.79 Å². The van der Waals surface area contributed by atoms with Gasteiger partial charge in [-0.1, -0.05) is 0 Å². The van der Waals surface area contributed by atoms with Gasteiger partial charge in [0.2, 0.25) is 6.79 Å². The number of carbonyl (C=O) groups excluding carboxylic acids is 1. The van der Waals surface area contributed by atoms with Crippen LogP contribution in [0.4, 0.5) is 11.5 Å². The van der Waals surface area contributed by atoms with Crippen LogP contribution in [-0.4, -0.2) is 49.2 Å². The number of aromatic nitrogens is 1. The Morgan fingerprint density at radius 2 is 2.08 bits per heavy atom. The quantitative estimate of drug-likeness (QED) is 0.623. The molecule has 2 aromatic rings. The molecule has 1 amide bonds. The van der Waals surface area contributed by atoms with Crippen molar-refractivity contribution in [3.05, 3.63) is 42.1 Å². The Morgan fingerprint density at radius 1 is 1.20 bits per heavy atom. The first-order valence-corrected chi connectivity index (χ1v) is 7.86. The minimum Gasteiger partial charge on any atom is -0.454 e. The van der Waals surface area contributed by atoms with Crippen molar-refractivity contribution in [2.45, 2.75) is 0 Å². The first-order chi connectivity index (χ1) is 12.3. The second-order valence-electron chi connectivity index (χ2n) is 5.22. The number of benzene rings is 1. The summed E-state index contributed by atoms with van der Waals surface area (Å²) in [5.74, 6) is 1.62. The van der Waals surface area contributed by atoms with Gasteiger partial charge in [-0.2, -0.15) is 0 Å². The van der Waals surface area contributed by atoms with Crippen LogP contribution in [0.2, 0.25) is 0 Å². The molecule has 25 heavy (non-hydrogen) atoms. The maximum Gasteiger partial charge on any atom is 0.255 e. The maximum atomic E-state index is 12.3. The zero-order valence-corrected chi connectivity index (χ0v) is 13.5. The van der Waals surface area contributed by atoms with Crippen LogP contribution >= 0.6 is 0 Å². The molecule has 0 aliphatic carbocycles. The fourth-order valence-corrected chi connectivity index (χ4v) is 2.23. The SMILES string of the molecule is O=C(Nc1ccc(NCCOCCO)nc1)c1ccc2c(c1)OCO2. The van der Waals surface area contributed by atoms with E-state index in [0.29, 0.717) is 48.3 Å². The van der Waals surface area contributed by atoms with Crippen LogP contribution in [0.5, 0.6) is 11.5 Å². The standard InChI is InChI=1S/C17H19N3O5/c21-6-8-23-7-5-18-16-4-2-13(10-19-16)20-17(22)12-1-3-14-15(9-12)25-11-24-14/h1-4,9-10,21H,5-8,11H2,(H,18,19)(H,20,22). The normalized spacial score (nSPS) is 12.0. The van der Waals surface area contributed by atoms with Crippen LogP contribution in [0.1, 0.15) is 10.4 Å². The van der Waals surface area contributed by atoms with Gasteiger partial charge in [0.25, 0.3) is 5.91 Å². The van der Waals surface area contributed by atoms with Crippen LogP contribution in [-0.2, 0) is 4.74 Å². The summed E-state index contributed by atoms with van der Waals surface area (Å²) in [6.45, 7) is 1.56. The predicted molar refractivity (Wildman–Crippen MR) is 91.1 cm³/mol. The van der Waals surface area contributed by atoms with Crippen LogP contribution in [0.3, 0.4) is 0 Å². The molecule has 3 N–H and O–H groups in total. The molecule has 0 bridgehead atoms. The van der Waals surface area contributed by atoms with Crippen molar-refractivity contribution < 1.29 is 24.1 Å². The van der Waals surface area contributed by atoms with E-state index in [-0.39, 0.29) is 19.3 Å². The molecule has 1 aliphatic rings. The minimum absolute atomic E-state index is 0.00993. The van der Waals surface area contributed by atoms with E-state index in [0.717, 1.165) is 0 Å². The monoisotopic (exact) mass is 345 g/mol. The van der Waals surface area contributed by atoms with Gasteiger partial charge in [-0.15, -0.1) is 0 Å². The van der Waals surface area contributed by atoms with E-state index in [1.54, 1.807) is 36.5 Å². The van der Waals surface area contributed by atoms with E-state index < -0.39 is 0 Å². The average molecular weight is 345 g/mol. The van der Waals surface area contributed by atoms with Gasteiger partial charge in [0, 0.05) is 12.1 Å². The summed E-state index contributed by atoms with van der Waals surface area (Å²) in [5.41, 5.74) is 1.07. The lowest BCUT2D eigenvalue weighted by molar-refractivity contribution is 0.0992. The molecule has 0 unspecified atom stereocenters. The fraction of sp³-hybridized carbons (Fsp3) is 0.294. The summed E-state index contributed by atoms with van der Waals surface area (Å²) in [4.78, 5) is 16.5. The number of ether oxygens (including phenoxy) is 3. The van der Waals surface area contributed by atoms with Gasteiger partial charge in [0.1, 0.15) is 5.82 Å². The topological polar surface area (TPSA) is 102 Å². The Labute approximate surface area is 144 Å². The molecule has 132 valence electrons. The number of carbonyl (C=O) groups is 1. The lowest BCUT2D eigenvalue weighted by Gasteiger charge is -2.08. The molecule has 0 saturated heterocycles. The molecule has 0 saturated carbocycles. The van der Waals surface area contributed by atoms with Crippen LogP contribution in [0.25, 0.3) is 0 Å². The van der Waals surface area contributed by atoms with Gasteiger partial charge in [0.05, 0.1) is 31.7 Å². The Bertz CT molecular complexity index is 721. The van der Waals surface area contributed by atoms with Gasteiger partial charge in [-0.25, -0.2) is 4.98 Å². The van der Waals surface area contributed by atoms with Gasteiger partial charge in [0.15, 0.2) is 11.5 Å². The zero-order chi connectivity index (χ0) is 17.5. The molecule has 0 fully saturated rings. The molecular formula is C17H19N3O5. The van der Waals surface area contributed by atoms with Crippen molar-refractivity contribution in [1.29, 1.82) is 0 Å². The van der Waals surface area contributed by atoms with Crippen molar-refractivity contribution in [2.75, 3.05) is 43.8 Å². The fourth-order valence-electron chi connectivity index (χ4n) is 2.23. The maximum absolute atomic E-state index is 12.3. The molecular weight excluding hydrogens is 326 g/mol. The van der Waals surface area contributed by atoms with Crippen LogP contribution in [0, 0.1) is 0 Å². The number of nitrogens with zero attached hydrogens (tertiary/aromatic N) is 1. The molecule has 8 nitrogen and oxygen atoms in total. The molecule has 8 heteroatoms. The van der Waals surface area contributed by atoms with Crippen LogP contribution < -0.4 is 20.1 Å². The van der Waals surface area contributed by atoms with E-state index in [9.17, 15) is 4.79 Å². The number of anilines is 2.